The Kier molecular flexibility index (Phi) is 3.51. The van der Waals surface area contributed by atoms with Crippen LogP contribution in [0, 0.1) is 0 Å². The molecule has 1 aromatic rings. The molecular weight excluding hydrogens is 188 g/mol. The Morgan fingerprint density at radius 1 is 1.27 bits per heavy atom. The number of ketones is 1. The maximum atomic E-state index is 11.1. The topological polar surface area (TPSA) is 26.3 Å². The average molecular weight is 206 g/mol. The van der Waals surface area contributed by atoms with Crippen molar-refractivity contribution in [2.45, 2.75) is 39.7 Å². The molecule has 0 saturated carbocycles. The summed E-state index contributed by atoms with van der Waals surface area (Å²) in [6.45, 7) is 7.74. The summed E-state index contributed by atoms with van der Waals surface area (Å²) in [4.78, 5) is 11.1. The van der Waals surface area contributed by atoms with Gasteiger partial charge in [-0.2, -0.15) is 0 Å². The van der Waals surface area contributed by atoms with Crippen LogP contribution in [0.15, 0.2) is 24.3 Å². The van der Waals surface area contributed by atoms with Crippen LogP contribution in [-0.2, 0) is 0 Å². The number of carbonyl (C=O) groups is 1. The number of hydrogen-bond donors (Lipinski definition) is 0. The van der Waals surface area contributed by atoms with E-state index in [1.54, 1.807) is 19.1 Å². The quantitative estimate of drug-likeness (QED) is 0.705. The monoisotopic (exact) mass is 206 g/mol. The van der Waals surface area contributed by atoms with Crippen LogP contribution < -0.4 is 4.74 Å². The first-order chi connectivity index (χ1) is 6.94. The molecule has 0 fully saturated rings. The van der Waals surface area contributed by atoms with E-state index in [0.29, 0.717) is 0 Å². The molecule has 0 radical (unpaired) electrons. The van der Waals surface area contributed by atoms with Gasteiger partial charge in [0.25, 0.3) is 0 Å². The molecule has 82 valence electrons. The lowest BCUT2D eigenvalue weighted by Crippen LogP contribution is -2.26. The van der Waals surface area contributed by atoms with E-state index in [1.807, 2.05) is 26.0 Å². The normalized spacial score (nSPS) is 11.2. The van der Waals surface area contributed by atoms with Gasteiger partial charge in [-0.15, -0.1) is 0 Å². The van der Waals surface area contributed by atoms with E-state index in [1.165, 1.54) is 0 Å². The first-order valence-electron chi connectivity index (χ1n) is 5.24. The van der Waals surface area contributed by atoms with Crippen LogP contribution in [0.1, 0.15) is 44.5 Å². The van der Waals surface area contributed by atoms with Crippen molar-refractivity contribution in [3.8, 4) is 5.75 Å². The van der Waals surface area contributed by atoms with E-state index in [4.69, 9.17) is 4.74 Å². The minimum atomic E-state index is -0.155. The van der Waals surface area contributed by atoms with Gasteiger partial charge in [0.2, 0.25) is 0 Å². The van der Waals surface area contributed by atoms with Crippen LogP contribution in [0.3, 0.4) is 0 Å². The van der Waals surface area contributed by atoms with Crippen molar-refractivity contribution in [2.24, 2.45) is 0 Å². The minimum absolute atomic E-state index is 0.0799. The van der Waals surface area contributed by atoms with Gasteiger partial charge in [-0.05, 0) is 51.5 Å². The summed E-state index contributed by atoms with van der Waals surface area (Å²) >= 11 is 0. The number of hydrogen-bond acceptors (Lipinski definition) is 2. The maximum Gasteiger partial charge on any atom is 0.159 e. The molecule has 0 unspecified atom stereocenters. The molecule has 0 heterocycles. The van der Waals surface area contributed by atoms with Crippen molar-refractivity contribution < 1.29 is 9.53 Å². The molecule has 1 rings (SSSR count). The molecule has 1 aromatic carbocycles. The lowest BCUT2D eigenvalue weighted by Gasteiger charge is -2.24. The van der Waals surface area contributed by atoms with E-state index in [-0.39, 0.29) is 11.4 Å². The predicted molar refractivity (Wildman–Crippen MR) is 61.4 cm³/mol. The fourth-order valence-corrected chi connectivity index (χ4v) is 1.15. The number of Topliss-reactive ketones (excluding diaryl/α,β-unsaturated/α-hetero) is 1. The van der Waals surface area contributed by atoms with Gasteiger partial charge in [0.1, 0.15) is 11.4 Å². The number of carbonyl (C=O) groups excluding carboxylic acids is 1. The first-order valence-corrected chi connectivity index (χ1v) is 5.24. The highest BCUT2D eigenvalue weighted by molar-refractivity contribution is 5.94. The minimum Gasteiger partial charge on any atom is -0.488 e. The molecule has 15 heavy (non-hydrogen) atoms. The molecule has 0 bridgehead atoms. The average Bonchev–Trinajstić information content (AvgIpc) is 2.18. The summed E-state index contributed by atoms with van der Waals surface area (Å²) in [5, 5.41) is 0. The molecule has 0 N–H and O–H groups in total. The molecule has 0 aliphatic heterocycles. The molecule has 0 atom stereocenters. The van der Waals surface area contributed by atoms with Crippen molar-refractivity contribution in [3.63, 3.8) is 0 Å². The fraction of sp³-hybridized carbons (Fsp3) is 0.462. The van der Waals surface area contributed by atoms with Gasteiger partial charge in [0, 0.05) is 5.56 Å². The van der Waals surface area contributed by atoms with Gasteiger partial charge >= 0.3 is 0 Å². The molecule has 2 nitrogen and oxygen atoms in total. The molecule has 2 heteroatoms. The lowest BCUT2D eigenvalue weighted by molar-refractivity contribution is 0.101. The number of rotatable bonds is 4. The van der Waals surface area contributed by atoms with E-state index in [0.717, 1.165) is 17.7 Å². The van der Waals surface area contributed by atoms with E-state index >= 15 is 0 Å². The van der Waals surface area contributed by atoms with Crippen LogP contribution in [0.5, 0.6) is 5.75 Å². The van der Waals surface area contributed by atoms with Crippen LogP contribution >= 0.6 is 0 Å². The second-order valence-corrected chi connectivity index (χ2v) is 4.30. The van der Waals surface area contributed by atoms with Crippen LogP contribution in [-0.4, -0.2) is 11.4 Å². The third-order valence-electron chi connectivity index (χ3n) is 2.51. The molecule has 0 spiro atoms. The number of ether oxygens (including phenoxy) is 1. The summed E-state index contributed by atoms with van der Waals surface area (Å²) in [5.74, 6) is 0.892. The third-order valence-corrected chi connectivity index (χ3v) is 2.51. The van der Waals surface area contributed by atoms with E-state index < -0.39 is 0 Å². The molecule has 0 aromatic heterocycles. The molecule has 0 aliphatic carbocycles. The fourth-order valence-electron chi connectivity index (χ4n) is 1.15. The summed E-state index contributed by atoms with van der Waals surface area (Å²) in [6, 6.07) is 7.27. The second kappa shape index (κ2) is 4.47. The Labute approximate surface area is 91.3 Å². The zero-order chi connectivity index (χ0) is 11.5. The van der Waals surface area contributed by atoms with Gasteiger partial charge in [-0.25, -0.2) is 0 Å². The second-order valence-electron chi connectivity index (χ2n) is 4.30. The van der Waals surface area contributed by atoms with E-state index in [9.17, 15) is 4.79 Å². The van der Waals surface area contributed by atoms with Crippen LogP contribution in [0.2, 0.25) is 0 Å². The summed E-state index contributed by atoms with van der Waals surface area (Å²) < 4.78 is 5.77. The Bertz CT molecular complexity index is 336. The highest BCUT2D eigenvalue weighted by Crippen LogP contribution is 2.21. The zero-order valence-corrected chi connectivity index (χ0v) is 9.83. The molecular formula is C13H18O2. The third kappa shape index (κ3) is 3.39. The Morgan fingerprint density at radius 2 is 1.80 bits per heavy atom. The molecule has 0 saturated heterocycles. The SMILES string of the molecule is CCC(C)(C)Oc1ccc(C(C)=O)cc1. The van der Waals surface area contributed by atoms with E-state index in [2.05, 4.69) is 6.92 Å². The first kappa shape index (κ1) is 11.8. The summed E-state index contributed by atoms with van der Waals surface area (Å²) in [6.07, 6.45) is 0.946. The zero-order valence-electron chi connectivity index (χ0n) is 9.83. The lowest BCUT2D eigenvalue weighted by atomic mass is 10.1. The van der Waals surface area contributed by atoms with Gasteiger partial charge in [0.15, 0.2) is 5.78 Å². The molecule has 0 aliphatic rings. The van der Waals surface area contributed by atoms with Crippen LogP contribution in [0.4, 0.5) is 0 Å². The molecule has 0 amide bonds. The van der Waals surface area contributed by atoms with Gasteiger partial charge in [-0.3, -0.25) is 4.79 Å². The van der Waals surface area contributed by atoms with Gasteiger partial charge < -0.3 is 4.74 Å². The largest absolute Gasteiger partial charge is 0.488 e. The van der Waals surface area contributed by atoms with Gasteiger partial charge in [-0.1, -0.05) is 6.92 Å². The van der Waals surface area contributed by atoms with Crippen molar-refractivity contribution in [1.82, 2.24) is 0 Å². The Hall–Kier alpha value is -1.31. The Morgan fingerprint density at radius 3 is 2.20 bits per heavy atom. The van der Waals surface area contributed by atoms with Crippen LogP contribution in [0.25, 0.3) is 0 Å². The van der Waals surface area contributed by atoms with Crippen molar-refractivity contribution in [3.05, 3.63) is 29.8 Å². The Balaban J connectivity index is 2.77. The van der Waals surface area contributed by atoms with Crippen molar-refractivity contribution >= 4 is 5.78 Å². The summed E-state index contributed by atoms with van der Waals surface area (Å²) in [5.41, 5.74) is 0.564. The number of benzene rings is 1. The van der Waals surface area contributed by atoms with Crippen molar-refractivity contribution in [2.75, 3.05) is 0 Å². The predicted octanol–water partition coefficient (Wildman–Crippen LogP) is 3.46. The maximum absolute atomic E-state index is 11.1. The van der Waals surface area contributed by atoms with Gasteiger partial charge in [0.05, 0.1) is 0 Å². The highest BCUT2D eigenvalue weighted by atomic mass is 16.5. The standard InChI is InChI=1S/C13H18O2/c1-5-13(3,4)15-12-8-6-11(7-9-12)10(2)14/h6-9H,5H2,1-4H3. The highest BCUT2D eigenvalue weighted by Gasteiger charge is 2.16. The van der Waals surface area contributed by atoms with Crippen molar-refractivity contribution in [1.29, 1.82) is 0 Å². The summed E-state index contributed by atoms with van der Waals surface area (Å²) in [7, 11) is 0. The smallest absolute Gasteiger partial charge is 0.159 e.